The molecule has 0 radical (unpaired) electrons. The Bertz CT molecular complexity index is 187. The van der Waals surface area contributed by atoms with Gasteiger partial charge in [0, 0.05) is 6.42 Å². The van der Waals surface area contributed by atoms with E-state index < -0.39 is 5.54 Å². The summed E-state index contributed by atoms with van der Waals surface area (Å²) in [6, 6.07) is 0. The molecule has 0 aromatic rings. The zero-order valence-corrected chi connectivity index (χ0v) is 11.3. The largest absolute Gasteiger partial charge is 0.319 e. The minimum Gasteiger partial charge on any atom is -0.319 e. The molecule has 0 heterocycles. The predicted octanol–water partition coefficient (Wildman–Crippen LogP) is 3.82. The van der Waals surface area contributed by atoms with Crippen LogP contribution in [0.3, 0.4) is 0 Å². The fourth-order valence-electron chi connectivity index (χ4n) is 2.01. The van der Waals surface area contributed by atoms with E-state index in [-0.39, 0.29) is 5.78 Å². The number of rotatable bonds is 10. The normalized spacial score (nSPS) is 14.8. The van der Waals surface area contributed by atoms with Crippen LogP contribution in [0, 0.1) is 0 Å². The van der Waals surface area contributed by atoms with Crippen LogP contribution in [0.5, 0.6) is 0 Å². The SMILES string of the molecule is CCCCCCCCC(=O)C(C)(N)CCC. The number of hydrogen-bond donors (Lipinski definition) is 1. The third-order valence-electron chi connectivity index (χ3n) is 3.16. The topological polar surface area (TPSA) is 43.1 Å². The lowest BCUT2D eigenvalue weighted by Crippen LogP contribution is -2.44. The predicted molar refractivity (Wildman–Crippen MR) is 70.5 cm³/mol. The Kier molecular flexibility index (Phi) is 8.54. The lowest BCUT2D eigenvalue weighted by molar-refractivity contribution is -0.124. The Balaban J connectivity index is 3.57. The quantitative estimate of drug-likeness (QED) is 0.576. The summed E-state index contributed by atoms with van der Waals surface area (Å²) in [6.07, 6.45) is 9.80. The van der Waals surface area contributed by atoms with Crippen molar-refractivity contribution in [2.75, 3.05) is 0 Å². The summed E-state index contributed by atoms with van der Waals surface area (Å²) in [5, 5.41) is 0. The molecule has 2 heteroatoms. The number of carbonyl (C=O) groups excluding carboxylic acids is 1. The zero-order chi connectivity index (χ0) is 12.4. The summed E-state index contributed by atoms with van der Waals surface area (Å²) in [7, 11) is 0. The third-order valence-corrected chi connectivity index (χ3v) is 3.16. The van der Waals surface area contributed by atoms with Crippen LogP contribution in [-0.4, -0.2) is 11.3 Å². The maximum atomic E-state index is 11.8. The van der Waals surface area contributed by atoms with Crippen LogP contribution in [-0.2, 0) is 4.79 Å². The van der Waals surface area contributed by atoms with E-state index in [0.29, 0.717) is 6.42 Å². The first-order valence-corrected chi connectivity index (χ1v) is 6.86. The molecule has 0 aromatic carbocycles. The van der Waals surface area contributed by atoms with Crippen molar-refractivity contribution in [1.82, 2.24) is 0 Å². The fraction of sp³-hybridized carbons (Fsp3) is 0.929. The second-order valence-electron chi connectivity index (χ2n) is 5.11. The highest BCUT2D eigenvalue weighted by Crippen LogP contribution is 2.15. The summed E-state index contributed by atoms with van der Waals surface area (Å²) in [5.41, 5.74) is 5.40. The van der Waals surface area contributed by atoms with Gasteiger partial charge in [0.1, 0.15) is 0 Å². The van der Waals surface area contributed by atoms with Gasteiger partial charge in [-0.05, 0) is 19.8 Å². The van der Waals surface area contributed by atoms with Crippen LogP contribution < -0.4 is 5.73 Å². The van der Waals surface area contributed by atoms with Gasteiger partial charge in [0.05, 0.1) is 5.54 Å². The van der Waals surface area contributed by atoms with Crippen molar-refractivity contribution < 1.29 is 4.79 Å². The minimum absolute atomic E-state index is 0.241. The van der Waals surface area contributed by atoms with Crippen LogP contribution in [0.2, 0.25) is 0 Å². The van der Waals surface area contributed by atoms with Crippen molar-refractivity contribution >= 4 is 5.78 Å². The Morgan fingerprint density at radius 2 is 1.56 bits per heavy atom. The second-order valence-corrected chi connectivity index (χ2v) is 5.11. The molecule has 0 aliphatic carbocycles. The van der Waals surface area contributed by atoms with Crippen LogP contribution >= 0.6 is 0 Å². The lowest BCUT2D eigenvalue weighted by atomic mass is 9.89. The second kappa shape index (κ2) is 8.74. The molecule has 2 nitrogen and oxygen atoms in total. The molecular formula is C14H29NO. The molecule has 0 bridgehead atoms. The molecule has 0 rings (SSSR count). The molecule has 1 unspecified atom stereocenters. The van der Waals surface area contributed by atoms with E-state index >= 15 is 0 Å². The molecule has 2 N–H and O–H groups in total. The summed E-state index contributed by atoms with van der Waals surface area (Å²) in [5.74, 6) is 0.241. The van der Waals surface area contributed by atoms with Crippen LogP contribution in [0.1, 0.15) is 78.6 Å². The smallest absolute Gasteiger partial charge is 0.152 e. The molecule has 0 spiro atoms. The van der Waals surface area contributed by atoms with Gasteiger partial charge < -0.3 is 5.73 Å². The van der Waals surface area contributed by atoms with Gasteiger partial charge in [-0.2, -0.15) is 0 Å². The van der Waals surface area contributed by atoms with Gasteiger partial charge in [-0.25, -0.2) is 0 Å². The van der Waals surface area contributed by atoms with Crippen molar-refractivity contribution in [1.29, 1.82) is 0 Å². The maximum absolute atomic E-state index is 11.8. The van der Waals surface area contributed by atoms with Gasteiger partial charge in [0.15, 0.2) is 5.78 Å². The van der Waals surface area contributed by atoms with Gasteiger partial charge >= 0.3 is 0 Å². The van der Waals surface area contributed by atoms with Gasteiger partial charge in [-0.1, -0.05) is 52.4 Å². The van der Waals surface area contributed by atoms with Crippen molar-refractivity contribution in [3.63, 3.8) is 0 Å². The summed E-state index contributed by atoms with van der Waals surface area (Å²) < 4.78 is 0. The van der Waals surface area contributed by atoms with Crippen molar-refractivity contribution in [3.8, 4) is 0 Å². The van der Waals surface area contributed by atoms with E-state index in [2.05, 4.69) is 13.8 Å². The molecule has 0 aliphatic heterocycles. The first-order valence-electron chi connectivity index (χ1n) is 6.86. The number of carbonyl (C=O) groups is 1. The average Bonchev–Trinajstić information content (AvgIpc) is 2.22. The number of hydrogen-bond acceptors (Lipinski definition) is 2. The summed E-state index contributed by atoms with van der Waals surface area (Å²) >= 11 is 0. The average molecular weight is 227 g/mol. The number of ketones is 1. The van der Waals surface area contributed by atoms with Crippen LogP contribution in [0.4, 0.5) is 0 Å². The summed E-state index contributed by atoms with van der Waals surface area (Å²) in [6.45, 7) is 6.16. The number of nitrogens with two attached hydrogens (primary N) is 1. The molecule has 16 heavy (non-hydrogen) atoms. The Morgan fingerprint density at radius 1 is 1.00 bits per heavy atom. The van der Waals surface area contributed by atoms with E-state index in [1.807, 2.05) is 6.92 Å². The standard InChI is InChI=1S/C14H29NO/c1-4-6-7-8-9-10-11-13(16)14(3,15)12-5-2/h4-12,15H2,1-3H3. The van der Waals surface area contributed by atoms with Gasteiger partial charge in [0.25, 0.3) is 0 Å². The molecule has 0 aromatic heterocycles. The van der Waals surface area contributed by atoms with E-state index in [9.17, 15) is 4.79 Å². The minimum atomic E-state index is -0.585. The fourth-order valence-corrected chi connectivity index (χ4v) is 2.01. The monoisotopic (exact) mass is 227 g/mol. The van der Waals surface area contributed by atoms with Gasteiger partial charge in [0.2, 0.25) is 0 Å². The Hall–Kier alpha value is -0.370. The highest BCUT2D eigenvalue weighted by atomic mass is 16.1. The number of Topliss-reactive ketones (excluding diaryl/α,β-unsaturated/α-hetero) is 1. The molecular weight excluding hydrogens is 198 g/mol. The Labute approximate surface area is 101 Å². The highest BCUT2D eigenvalue weighted by molar-refractivity contribution is 5.87. The van der Waals surface area contributed by atoms with Gasteiger partial charge in [-0.15, -0.1) is 0 Å². The van der Waals surface area contributed by atoms with E-state index in [1.165, 1.54) is 32.1 Å². The zero-order valence-electron chi connectivity index (χ0n) is 11.3. The summed E-state index contributed by atoms with van der Waals surface area (Å²) in [4.78, 5) is 11.8. The van der Waals surface area contributed by atoms with Crippen molar-refractivity contribution in [2.45, 2.75) is 84.1 Å². The molecule has 96 valence electrons. The first kappa shape index (κ1) is 15.6. The number of unbranched alkanes of at least 4 members (excludes halogenated alkanes) is 5. The van der Waals surface area contributed by atoms with Crippen LogP contribution in [0.25, 0.3) is 0 Å². The highest BCUT2D eigenvalue weighted by Gasteiger charge is 2.25. The van der Waals surface area contributed by atoms with E-state index in [0.717, 1.165) is 19.3 Å². The molecule has 0 aliphatic rings. The molecule has 0 amide bonds. The Morgan fingerprint density at radius 3 is 2.12 bits per heavy atom. The maximum Gasteiger partial charge on any atom is 0.152 e. The molecule has 0 saturated carbocycles. The first-order chi connectivity index (χ1) is 7.54. The molecule has 0 fully saturated rings. The van der Waals surface area contributed by atoms with E-state index in [1.54, 1.807) is 0 Å². The van der Waals surface area contributed by atoms with Gasteiger partial charge in [-0.3, -0.25) is 4.79 Å². The molecule has 1 atom stereocenters. The van der Waals surface area contributed by atoms with Crippen molar-refractivity contribution in [2.24, 2.45) is 5.73 Å². The molecule has 0 saturated heterocycles. The van der Waals surface area contributed by atoms with E-state index in [4.69, 9.17) is 5.73 Å². The third kappa shape index (κ3) is 7.00. The lowest BCUT2D eigenvalue weighted by Gasteiger charge is -2.22. The van der Waals surface area contributed by atoms with Crippen LogP contribution in [0.15, 0.2) is 0 Å². The van der Waals surface area contributed by atoms with Crippen molar-refractivity contribution in [3.05, 3.63) is 0 Å².